The number of amides is 2. The van der Waals surface area contributed by atoms with Crippen LogP contribution in [-0.4, -0.2) is 28.4 Å². The molecule has 0 bridgehead atoms. The van der Waals surface area contributed by atoms with Gasteiger partial charge < -0.3 is 15.4 Å². The molecule has 1 aromatic heterocycles. The molecule has 0 aliphatic heterocycles. The molecule has 0 saturated carbocycles. The van der Waals surface area contributed by atoms with Gasteiger partial charge in [0.05, 0.1) is 6.20 Å². The molecule has 0 radical (unpaired) electrons. The van der Waals surface area contributed by atoms with Gasteiger partial charge in [-0.15, -0.1) is 0 Å². The lowest BCUT2D eigenvalue weighted by atomic mass is 10.1. The molecule has 2 N–H and O–H groups in total. The summed E-state index contributed by atoms with van der Waals surface area (Å²) in [6, 6.07) is 10.4. The van der Waals surface area contributed by atoms with Gasteiger partial charge in [-0.3, -0.25) is 14.6 Å². The molecule has 3 rings (SSSR count). The summed E-state index contributed by atoms with van der Waals surface area (Å²) in [6.07, 6.45) is 4.18. The molecule has 7 nitrogen and oxygen atoms in total. The number of hydrogen-bond donors (Lipinski definition) is 2. The van der Waals surface area contributed by atoms with Gasteiger partial charge in [-0.05, 0) is 36.8 Å². The fraction of sp³-hybridized carbons (Fsp3) is 0.100. The highest BCUT2D eigenvalue weighted by atomic mass is 19.3. The zero-order valence-electron chi connectivity index (χ0n) is 15.2. The third kappa shape index (κ3) is 5.32. The zero-order chi connectivity index (χ0) is 20.8. The largest absolute Gasteiger partial charge is 0.435 e. The highest BCUT2D eigenvalue weighted by Gasteiger charge is 2.13. The fourth-order valence-corrected chi connectivity index (χ4v) is 2.45. The summed E-state index contributed by atoms with van der Waals surface area (Å²) < 4.78 is 29.0. The first-order valence-corrected chi connectivity index (χ1v) is 8.46. The van der Waals surface area contributed by atoms with E-state index in [0.29, 0.717) is 11.4 Å². The van der Waals surface area contributed by atoms with Crippen molar-refractivity contribution in [3.8, 4) is 5.75 Å². The molecule has 9 heteroatoms. The number of halogens is 2. The van der Waals surface area contributed by atoms with E-state index >= 15 is 0 Å². The number of aromatic nitrogens is 2. The minimum atomic E-state index is -2.96. The van der Waals surface area contributed by atoms with Crippen molar-refractivity contribution < 1.29 is 23.1 Å². The van der Waals surface area contributed by atoms with Gasteiger partial charge in [0.25, 0.3) is 11.8 Å². The van der Waals surface area contributed by atoms with Crippen LogP contribution in [0.5, 0.6) is 5.75 Å². The number of nitrogens with one attached hydrogen (secondary N) is 2. The van der Waals surface area contributed by atoms with E-state index in [-0.39, 0.29) is 17.0 Å². The van der Waals surface area contributed by atoms with Gasteiger partial charge >= 0.3 is 6.61 Å². The van der Waals surface area contributed by atoms with Gasteiger partial charge in [-0.25, -0.2) is 4.98 Å². The van der Waals surface area contributed by atoms with Gasteiger partial charge in [0, 0.05) is 35.4 Å². The molecule has 2 amide bonds. The Bertz CT molecular complexity index is 1030. The molecule has 0 atom stereocenters. The highest BCUT2D eigenvalue weighted by molar-refractivity contribution is 6.07. The van der Waals surface area contributed by atoms with Crippen molar-refractivity contribution >= 4 is 23.2 Å². The number of rotatable bonds is 6. The first-order chi connectivity index (χ1) is 13.9. The van der Waals surface area contributed by atoms with Crippen LogP contribution in [0.1, 0.15) is 26.4 Å². The Kier molecular flexibility index (Phi) is 6.08. The molecular weight excluding hydrogens is 382 g/mol. The number of carbonyl (C=O) groups is 2. The van der Waals surface area contributed by atoms with Crippen LogP contribution in [-0.2, 0) is 0 Å². The van der Waals surface area contributed by atoms with Crippen LogP contribution in [0.3, 0.4) is 0 Å². The summed E-state index contributed by atoms with van der Waals surface area (Å²) in [5.41, 5.74) is 1.87. The van der Waals surface area contributed by atoms with Gasteiger partial charge in [0.2, 0.25) is 0 Å². The Hall–Kier alpha value is -3.88. The minimum Gasteiger partial charge on any atom is -0.435 e. The highest BCUT2D eigenvalue weighted by Crippen LogP contribution is 2.22. The smallest absolute Gasteiger partial charge is 0.387 e. The predicted molar refractivity (Wildman–Crippen MR) is 102 cm³/mol. The summed E-state index contributed by atoms with van der Waals surface area (Å²) in [7, 11) is 0. The predicted octanol–water partition coefficient (Wildman–Crippen LogP) is 3.89. The second-order valence-corrected chi connectivity index (χ2v) is 5.93. The Morgan fingerprint density at radius 3 is 2.59 bits per heavy atom. The van der Waals surface area contributed by atoms with Crippen LogP contribution in [0.4, 0.5) is 20.2 Å². The maximum Gasteiger partial charge on any atom is 0.387 e. The first kappa shape index (κ1) is 19.9. The van der Waals surface area contributed by atoms with E-state index in [1.807, 2.05) is 0 Å². The van der Waals surface area contributed by atoms with E-state index in [1.54, 1.807) is 25.1 Å². The fourth-order valence-electron chi connectivity index (χ4n) is 2.45. The molecular formula is C20H16F2N4O3. The lowest BCUT2D eigenvalue weighted by Crippen LogP contribution is -2.16. The van der Waals surface area contributed by atoms with Crippen LogP contribution in [0.15, 0.2) is 61.1 Å². The second kappa shape index (κ2) is 8.87. The van der Waals surface area contributed by atoms with Crippen molar-refractivity contribution in [1.82, 2.24) is 9.97 Å². The molecule has 0 aliphatic rings. The van der Waals surface area contributed by atoms with Crippen LogP contribution < -0.4 is 15.4 Å². The van der Waals surface area contributed by atoms with Crippen LogP contribution in [0.25, 0.3) is 0 Å². The van der Waals surface area contributed by atoms with E-state index in [0.717, 1.165) is 5.56 Å². The number of aryl methyl sites for hydroxylation is 1. The maximum atomic E-state index is 12.5. The lowest BCUT2D eigenvalue weighted by molar-refractivity contribution is -0.0498. The van der Waals surface area contributed by atoms with E-state index in [9.17, 15) is 18.4 Å². The molecule has 148 valence electrons. The van der Waals surface area contributed by atoms with E-state index in [1.165, 1.54) is 42.9 Å². The van der Waals surface area contributed by atoms with Crippen molar-refractivity contribution in [1.29, 1.82) is 0 Å². The standard InChI is InChI=1S/C20H16F2N4O3/c1-12-5-6-13(9-16(12)26-19(28)17-11-23-7-8-24-17)18(27)25-14-3-2-4-15(10-14)29-20(21)22/h2-11,20H,1H3,(H,25,27)(H,26,28). The lowest BCUT2D eigenvalue weighted by Gasteiger charge is -2.11. The van der Waals surface area contributed by atoms with E-state index in [4.69, 9.17) is 0 Å². The number of anilines is 2. The SMILES string of the molecule is Cc1ccc(C(=O)Nc2cccc(OC(F)F)c2)cc1NC(=O)c1cnccn1. The number of ether oxygens (including phenoxy) is 1. The van der Waals surface area contributed by atoms with Crippen LogP contribution in [0, 0.1) is 6.92 Å². The van der Waals surface area contributed by atoms with Crippen LogP contribution in [0.2, 0.25) is 0 Å². The number of carbonyl (C=O) groups excluding carboxylic acids is 2. The molecule has 1 heterocycles. The van der Waals surface area contributed by atoms with E-state index < -0.39 is 18.4 Å². The molecule has 0 spiro atoms. The molecule has 0 fully saturated rings. The third-order valence-electron chi connectivity index (χ3n) is 3.86. The van der Waals surface area contributed by atoms with Crippen molar-refractivity contribution in [2.24, 2.45) is 0 Å². The number of alkyl halides is 2. The molecule has 29 heavy (non-hydrogen) atoms. The normalized spacial score (nSPS) is 10.5. The van der Waals surface area contributed by atoms with Crippen molar-refractivity contribution in [2.45, 2.75) is 13.5 Å². The third-order valence-corrected chi connectivity index (χ3v) is 3.86. The maximum absolute atomic E-state index is 12.5. The van der Waals surface area contributed by atoms with Crippen molar-refractivity contribution in [3.63, 3.8) is 0 Å². The van der Waals surface area contributed by atoms with Crippen molar-refractivity contribution in [3.05, 3.63) is 77.9 Å². The van der Waals surface area contributed by atoms with E-state index in [2.05, 4.69) is 25.3 Å². The molecule has 0 saturated heterocycles. The quantitative estimate of drug-likeness (QED) is 0.657. The topological polar surface area (TPSA) is 93.2 Å². The number of nitrogens with zero attached hydrogens (tertiary/aromatic N) is 2. The van der Waals surface area contributed by atoms with Crippen LogP contribution >= 0.6 is 0 Å². The molecule has 3 aromatic rings. The molecule has 2 aromatic carbocycles. The zero-order valence-corrected chi connectivity index (χ0v) is 15.2. The summed E-state index contributed by atoms with van der Waals surface area (Å²) in [5.74, 6) is -1.01. The van der Waals surface area contributed by atoms with Gasteiger partial charge in [0.1, 0.15) is 11.4 Å². The number of benzene rings is 2. The monoisotopic (exact) mass is 398 g/mol. The van der Waals surface area contributed by atoms with Gasteiger partial charge in [0.15, 0.2) is 0 Å². The molecule has 0 aliphatic carbocycles. The Balaban J connectivity index is 1.75. The van der Waals surface area contributed by atoms with Gasteiger partial charge in [-0.2, -0.15) is 8.78 Å². The first-order valence-electron chi connectivity index (χ1n) is 8.46. The summed E-state index contributed by atoms with van der Waals surface area (Å²) in [5, 5.41) is 5.30. The Labute approximate surface area is 164 Å². The Morgan fingerprint density at radius 1 is 1.03 bits per heavy atom. The van der Waals surface area contributed by atoms with Crippen molar-refractivity contribution in [2.75, 3.05) is 10.6 Å². The second-order valence-electron chi connectivity index (χ2n) is 5.93. The van der Waals surface area contributed by atoms with Gasteiger partial charge in [-0.1, -0.05) is 12.1 Å². The average molecular weight is 398 g/mol. The minimum absolute atomic E-state index is 0.0707. The molecule has 0 unspecified atom stereocenters. The average Bonchev–Trinajstić information content (AvgIpc) is 2.70. The summed E-state index contributed by atoms with van der Waals surface area (Å²) in [4.78, 5) is 32.6. The Morgan fingerprint density at radius 2 is 1.86 bits per heavy atom. The number of hydrogen-bond acceptors (Lipinski definition) is 5. The summed E-state index contributed by atoms with van der Waals surface area (Å²) in [6.45, 7) is -1.18. The summed E-state index contributed by atoms with van der Waals surface area (Å²) >= 11 is 0.